The maximum Gasteiger partial charge on any atom is 0.140 e. The standard InChI is InChI=1S/C11H11FN2O/c12-11-2-1-8(3-9(11)4-13)5-14-6-10(15)7-14/h1-3,10,15H,5-7H2. The van der Waals surface area contributed by atoms with Crippen molar-refractivity contribution < 1.29 is 9.50 Å². The highest BCUT2D eigenvalue weighted by Gasteiger charge is 2.23. The zero-order chi connectivity index (χ0) is 10.8. The Morgan fingerprint density at radius 3 is 2.87 bits per heavy atom. The summed E-state index contributed by atoms with van der Waals surface area (Å²) in [5.74, 6) is -0.482. The fraction of sp³-hybridized carbons (Fsp3) is 0.364. The van der Waals surface area contributed by atoms with Crippen LogP contribution < -0.4 is 0 Å². The van der Waals surface area contributed by atoms with E-state index in [0.29, 0.717) is 19.6 Å². The maximum absolute atomic E-state index is 13.0. The lowest BCUT2D eigenvalue weighted by Gasteiger charge is -2.35. The zero-order valence-corrected chi connectivity index (χ0v) is 8.15. The van der Waals surface area contributed by atoms with Gasteiger partial charge >= 0.3 is 0 Å². The molecule has 0 spiro atoms. The van der Waals surface area contributed by atoms with Gasteiger partial charge in [0.2, 0.25) is 0 Å². The molecule has 0 bridgehead atoms. The van der Waals surface area contributed by atoms with Gasteiger partial charge in [-0.3, -0.25) is 4.90 Å². The first-order chi connectivity index (χ1) is 7.19. The number of hydrogen-bond donors (Lipinski definition) is 1. The zero-order valence-electron chi connectivity index (χ0n) is 8.15. The molecule has 1 N–H and O–H groups in total. The molecule has 0 unspecified atom stereocenters. The van der Waals surface area contributed by atoms with E-state index in [1.54, 1.807) is 12.1 Å². The second kappa shape index (κ2) is 3.97. The Bertz CT molecular complexity index is 408. The van der Waals surface area contributed by atoms with Gasteiger partial charge in [0, 0.05) is 19.6 Å². The van der Waals surface area contributed by atoms with Crippen LogP contribution in [0.2, 0.25) is 0 Å². The van der Waals surface area contributed by atoms with Crippen LogP contribution in [-0.2, 0) is 6.54 Å². The highest BCUT2D eigenvalue weighted by molar-refractivity contribution is 5.34. The Kier molecular flexibility index (Phi) is 2.67. The fourth-order valence-corrected chi connectivity index (χ4v) is 1.69. The van der Waals surface area contributed by atoms with Crippen LogP contribution in [0.3, 0.4) is 0 Å². The van der Waals surface area contributed by atoms with Crippen LogP contribution in [0.4, 0.5) is 4.39 Å². The van der Waals surface area contributed by atoms with Crippen LogP contribution >= 0.6 is 0 Å². The van der Waals surface area contributed by atoms with Crippen molar-refractivity contribution in [2.24, 2.45) is 0 Å². The first-order valence-corrected chi connectivity index (χ1v) is 4.78. The van der Waals surface area contributed by atoms with Gasteiger partial charge in [0.25, 0.3) is 0 Å². The number of aliphatic hydroxyl groups excluding tert-OH is 1. The van der Waals surface area contributed by atoms with Crippen molar-refractivity contribution in [2.45, 2.75) is 12.6 Å². The van der Waals surface area contributed by atoms with Crippen LogP contribution in [0.25, 0.3) is 0 Å². The quantitative estimate of drug-likeness (QED) is 0.781. The summed E-state index contributed by atoms with van der Waals surface area (Å²) in [6.07, 6.45) is -0.235. The molecule has 0 amide bonds. The maximum atomic E-state index is 13.0. The molecule has 1 saturated heterocycles. The van der Waals surface area contributed by atoms with Gasteiger partial charge in [0.1, 0.15) is 11.9 Å². The number of nitrogens with zero attached hydrogens (tertiary/aromatic N) is 2. The van der Waals surface area contributed by atoms with Crippen molar-refractivity contribution >= 4 is 0 Å². The Hall–Kier alpha value is -1.44. The van der Waals surface area contributed by atoms with E-state index >= 15 is 0 Å². The molecule has 1 aromatic carbocycles. The number of aliphatic hydroxyl groups is 1. The van der Waals surface area contributed by atoms with Gasteiger partial charge in [-0.2, -0.15) is 5.26 Å². The molecule has 15 heavy (non-hydrogen) atoms. The second-order valence-electron chi connectivity index (χ2n) is 3.77. The van der Waals surface area contributed by atoms with Gasteiger partial charge in [-0.15, -0.1) is 0 Å². The Morgan fingerprint density at radius 1 is 1.53 bits per heavy atom. The summed E-state index contributed by atoms with van der Waals surface area (Å²) < 4.78 is 13.0. The van der Waals surface area contributed by atoms with Gasteiger partial charge in [0.05, 0.1) is 11.7 Å². The molecular weight excluding hydrogens is 195 g/mol. The number of rotatable bonds is 2. The van der Waals surface area contributed by atoms with Crippen molar-refractivity contribution in [1.29, 1.82) is 5.26 Å². The Labute approximate surface area is 87.4 Å². The monoisotopic (exact) mass is 206 g/mol. The van der Waals surface area contributed by atoms with Gasteiger partial charge in [-0.25, -0.2) is 4.39 Å². The number of benzene rings is 1. The van der Waals surface area contributed by atoms with E-state index < -0.39 is 5.82 Å². The third-order valence-electron chi connectivity index (χ3n) is 2.50. The van der Waals surface area contributed by atoms with Gasteiger partial charge < -0.3 is 5.11 Å². The molecule has 0 aliphatic carbocycles. The summed E-state index contributed by atoms with van der Waals surface area (Å²) in [7, 11) is 0. The van der Waals surface area contributed by atoms with Gasteiger partial charge in [0.15, 0.2) is 0 Å². The summed E-state index contributed by atoms with van der Waals surface area (Å²) in [6.45, 7) is 1.96. The molecule has 1 aromatic rings. The predicted molar refractivity (Wildman–Crippen MR) is 52.4 cm³/mol. The number of halogens is 1. The van der Waals surface area contributed by atoms with Crippen LogP contribution in [-0.4, -0.2) is 29.2 Å². The second-order valence-corrected chi connectivity index (χ2v) is 3.77. The minimum absolute atomic E-state index is 0.0774. The van der Waals surface area contributed by atoms with Crippen molar-refractivity contribution in [3.05, 3.63) is 35.1 Å². The minimum Gasteiger partial charge on any atom is -0.390 e. The van der Waals surface area contributed by atoms with Crippen LogP contribution in [0, 0.1) is 17.1 Å². The average molecular weight is 206 g/mol. The lowest BCUT2D eigenvalue weighted by Crippen LogP contribution is -2.49. The SMILES string of the molecule is N#Cc1cc(CN2CC(O)C2)ccc1F. The summed E-state index contributed by atoms with van der Waals surface area (Å²) in [5, 5.41) is 17.7. The molecule has 1 heterocycles. The molecule has 4 heteroatoms. The molecule has 3 nitrogen and oxygen atoms in total. The first kappa shape index (κ1) is 10.1. The average Bonchev–Trinajstić information content (AvgIpc) is 2.18. The van der Waals surface area contributed by atoms with Crippen molar-refractivity contribution in [2.75, 3.05) is 13.1 Å². The van der Waals surface area contributed by atoms with E-state index in [2.05, 4.69) is 0 Å². The third kappa shape index (κ3) is 2.14. The molecule has 0 saturated carbocycles. The van der Waals surface area contributed by atoms with E-state index in [1.807, 2.05) is 11.0 Å². The Balaban J connectivity index is 2.06. The highest BCUT2D eigenvalue weighted by atomic mass is 19.1. The summed E-state index contributed by atoms with van der Waals surface area (Å²) in [5.41, 5.74) is 0.980. The molecule has 78 valence electrons. The lowest BCUT2D eigenvalue weighted by molar-refractivity contribution is -0.00287. The van der Waals surface area contributed by atoms with Crippen LogP contribution in [0.15, 0.2) is 18.2 Å². The molecular formula is C11H11FN2O. The van der Waals surface area contributed by atoms with E-state index in [4.69, 9.17) is 10.4 Å². The first-order valence-electron chi connectivity index (χ1n) is 4.78. The Morgan fingerprint density at radius 2 is 2.27 bits per heavy atom. The van der Waals surface area contributed by atoms with Gasteiger partial charge in [-0.1, -0.05) is 6.07 Å². The molecule has 2 rings (SSSR count). The molecule has 1 fully saturated rings. The van der Waals surface area contributed by atoms with E-state index in [9.17, 15) is 4.39 Å². The van der Waals surface area contributed by atoms with E-state index in [0.717, 1.165) is 5.56 Å². The fourth-order valence-electron chi connectivity index (χ4n) is 1.69. The largest absolute Gasteiger partial charge is 0.390 e. The minimum atomic E-state index is -0.482. The molecule has 0 aromatic heterocycles. The number of hydrogen-bond acceptors (Lipinski definition) is 3. The number of nitriles is 1. The summed E-state index contributed by atoms with van der Waals surface area (Å²) in [4.78, 5) is 2.04. The summed E-state index contributed by atoms with van der Waals surface area (Å²) in [6, 6.07) is 6.34. The predicted octanol–water partition coefficient (Wildman–Crippen LogP) is 0.874. The van der Waals surface area contributed by atoms with Crippen molar-refractivity contribution in [3.8, 4) is 6.07 Å². The lowest BCUT2D eigenvalue weighted by atomic mass is 10.1. The van der Waals surface area contributed by atoms with Crippen molar-refractivity contribution in [3.63, 3.8) is 0 Å². The number of β-amino-alcohol motifs (C(OH)–C–C–N with tert-alkyl or cyclic N) is 1. The topological polar surface area (TPSA) is 47.3 Å². The van der Waals surface area contributed by atoms with E-state index in [1.165, 1.54) is 6.07 Å². The molecule has 0 atom stereocenters. The molecule has 1 aliphatic heterocycles. The highest BCUT2D eigenvalue weighted by Crippen LogP contribution is 2.15. The normalized spacial score (nSPS) is 17.1. The summed E-state index contributed by atoms with van der Waals surface area (Å²) >= 11 is 0. The van der Waals surface area contributed by atoms with Crippen LogP contribution in [0.1, 0.15) is 11.1 Å². The smallest absolute Gasteiger partial charge is 0.140 e. The van der Waals surface area contributed by atoms with Crippen molar-refractivity contribution in [1.82, 2.24) is 4.90 Å². The number of likely N-dealkylation sites (tertiary alicyclic amines) is 1. The third-order valence-corrected chi connectivity index (χ3v) is 2.50. The van der Waals surface area contributed by atoms with Crippen LogP contribution in [0.5, 0.6) is 0 Å². The van der Waals surface area contributed by atoms with Gasteiger partial charge in [-0.05, 0) is 17.7 Å². The molecule has 0 radical (unpaired) electrons. The van der Waals surface area contributed by atoms with E-state index in [-0.39, 0.29) is 11.7 Å². The molecule has 1 aliphatic rings.